The molecule has 6 nitrogen and oxygen atoms in total. The highest BCUT2D eigenvalue weighted by atomic mass is 15.3. The predicted molar refractivity (Wildman–Crippen MR) is 104 cm³/mol. The van der Waals surface area contributed by atoms with Crippen LogP contribution in [0.2, 0.25) is 0 Å². The summed E-state index contributed by atoms with van der Waals surface area (Å²) in [4.78, 5) is 6.94. The zero-order chi connectivity index (χ0) is 17.8. The van der Waals surface area contributed by atoms with Crippen LogP contribution in [0.5, 0.6) is 0 Å². The van der Waals surface area contributed by atoms with Crippen molar-refractivity contribution in [3.63, 3.8) is 0 Å². The number of aliphatic imine (C=N–C) groups is 1. The molecule has 2 atom stereocenters. The number of piperidine rings is 1. The van der Waals surface area contributed by atoms with E-state index in [-0.39, 0.29) is 6.04 Å². The number of aromatic amines is 1. The van der Waals surface area contributed by atoms with Gasteiger partial charge in [-0.3, -0.25) is 5.10 Å². The summed E-state index contributed by atoms with van der Waals surface area (Å²) in [5.74, 6) is 3.50. The number of rotatable bonds is 6. The molecule has 1 aromatic rings. The minimum absolute atomic E-state index is 0.206. The first kappa shape index (κ1) is 17.7. The molecule has 1 saturated heterocycles. The number of nitrogens with two attached hydrogens (primary N) is 1. The first-order valence-electron chi connectivity index (χ1n) is 9.30. The Hall–Kier alpha value is -2.08. The van der Waals surface area contributed by atoms with E-state index < -0.39 is 0 Å². The Bertz CT molecular complexity index is 653. The minimum Gasteiger partial charge on any atom is -0.357 e. The number of allylic oxidation sites excluding steroid dienone is 1. The van der Waals surface area contributed by atoms with Crippen LogP contribution in [0.15, 0.2) is 35.6 Å². The second-order valence-electron chi connectivity index (χ2n) is 7.23. The second-order valence-corrected chi connectivity index (χ2v) is 7.23. The molecular weight excluding hydrogens is 312 g/mol. The molecule has 1 aliphatic carbocycles. The van der Waals surface area contributed by atoms with Gasteiger partial charge in [0.1, 0.15) is 11.7 Å². The summed E-state index contributed by atoms with van der Waals surface area (Å²) < 4.78 is 0. The fourth-order valence-electron chi connectivity index (χ4n) is 3.28. The van der Waals surface area contributed by atoms with E-state index in [2.05, 4.69) is 40.0 Å². The van der Waals surface area contributed by atoms with Gasteiger partial charge in [0, 0.05) is 36.8 Å². The maximum absolute atomic E-state index is 6.08. The van der Waals surface area contributed by atoms with E-state index in [1.165, 1.54) is 25.0 Å². The molecule has 0 radical (unpaired) electrons. The van der Waals surface area contributed by atoms with Crippen molar-refractivity contribution < 1.29 is 0 Å². The lowest BCUT2D eigenvalue weighted by Gasteiger charge is -2.35. The Balaban J connectivity index is 1.66. The van der Waals surface area contributed by atoms with Crippen molar-refractivity contribution in [2.45, 2.75) is 51.5 Å². The van der Waals surface area contributed by atoms with Crippen LogP contribution in [0.4, 0.5) is 5.82 Å². The van der Waals surface area contributed by atoms with Crippen molar-refractivity contribution in [3.05, 3.63) is 36.3 Å². The molecule has 1 saturated carbocycles. The third-order valence-electron chi connectivity index (χ3n) is 5.01. The number of amidine groups is 1. The van der Waals surface area contributed by atoms with Crippen LogP contribution in [-0.2, 0) is 0 Å². The van der Waals surface area contributed by atoms with E-state index >= 15 is 0 Å². The molecule has 6 heteroatoms. The van der Waals surface area contributed by atoms with E-state index in [4.69, 9.17) is 10.7 Å². The maximum atomic E-state index is 6.08. The molecule has 0 spiro atoms. The predicted octanol–water partition coefficient (Wildman–Crippen LogP) is 3.20. The topological polar surface area (TPSA) is 82.3 Å². The van der Waals surface area contributed by atoms with Crippen molar-refractivity contribution in [2.24, 2.45) is 16.6 Å². The van der Waals surface area contributed by atoms with Crippen molar-refractivity contribution in [3.8, 4) is 0 Å². The summed E-state index contributed by atoms with van der Waals surface area (Å²) in [7, 11) is 0. The molecule has 3 rings (SSSR count). The zero-order valence-corrected chi connectivity index (χ0v) is 15.3. The Morgan fingerprint density at radius 1 is 1.52 bits per heavy atom. The van der Waals surface area contributed by atoms with Crippen molar-refractivity contribution in [1.82, 2.24) is 15.1 Å². The molecule has 1 aromatic heterocycles. The van der Waals surface area contributed by atoms with Crippen molar-refractivity contribution in [2.75, 3.05) is 18.4 Å². The molecule has 0 bridgehead atoms. The highest BCUT2D eigenvalue weighted by Gasteiger charge is 2.26. The van der Waals surface area contributed by atoms with Crippen LogP contribution in [0.1, 0.15) is 51.1 Å². The summed E-state index contributed by atoms with van der Waals surface area (Å²) in [5, 5.41) is 10.8. The van der Waals surface area contributed by atoms with E-state index in [0.29, 0.717) is 11.8 Å². The van der Waals surface area contributed by atoms with E-state index in [1.54, 1.807) is 0 Å². The van der Waals surface area contributed by atoms with Crippen LogP contribution in [-0.4, -0.2) is 40.1 Å². The van der Waals surface area contributed by atoms with Crippen LogP contribution >= 0.6 is 0 Å². The summed E-state index contributed by atoms with van der Waals surface area (Å²) in [6, 6.07) is 2.28. The van der Waals surface area contributed by atoms with Gasteiger partial charge in [0.25, 0.3) is 0 Å². The van der Waals surface area contributed by atoms with Gasteiger partial charge < -0.3 is 16.0 Å². The number of hydrogen-bond donors (Lipinski definition) is 3. The SMILES string of the molecule is C=C(/N=C(\C=C/C)Nc1cc(C2CC2)[nH]n1)N1CCCC(C(C)N)C1. The molecule has 2 aliphatic rings. The maximum Gasteiger partial charge on any atom is 0.153 e. The molecule has 0 amide bonds. The number of H-pyrrole nitrogens is 1. The largest absolute Gasteiger partial charge is 0.357 e. The normalized spacial score (nSPS) is 23.1. The van der Waals surface area contributed by atoms with Crippen LogP contribution in [0, 0.1) is 5.92 Å². The quantitative estimate of drug-likeness (QED) is 0.548. The Morgan fingerprint density at radius 2 is 2.32 bits per heavy atom. The van der Waals surface area contributed by atoms with Gasteiger partial charge >= 0.3 is 0 Å². The molecule has 136 valence electrons. The van der Waals surface area contributed by atoms with Gasteiger partial charge in [-0.2, -0.15) is 5.10 Å². The fourth-order valence-corrected chi connectivity index (χ4v) is 3.28. The molecule has 2 heterocycles. The average molecular weight is 342 g/mol. The monoisotopic (exact) mass is 342 g/mol. The molecule has 4 N–H and O–H groups in total. The zero-order valence-electron chi connectivity index (χ0n) is 15.3. The van der Waals surface area contributed by atoms with Gasteiger partial charge in [0.05, 0.1) is 0 Å². The minimum atomic E-state index is 0.206. The summed E-state index contributed by atoms with van der Waals surface area (Å²) in [6.45, 7) is 10.2. The van der Waals surface area contributed by atoms with Crippen LogP contribution in [0.25, 0.3) is 0 Å². The first-order valence-corrected chi connectivity index (χ1v) is 9.30. The van der Waals surface area contributed by atoms with Gasteiger partial charge in [0.2, 0.25) is 0 Å². The lowest BCUT2D eigenvalue weighted by Crippen LogP contribution is -2.41. The Kier molecular flexibility index (Phi) is 5.58. The molecule has 2 fully saturated rings. The number of aromatic nitrogens is 2. The Morgan fingerprint density at radius 3 is 3.00 bits per heavy atom. The summed E-state index contributed by atoms with van der Waals surface area (Å²) in [5.41, 5.74) is 7.29. The standard InChI is InChI=1S/C19H30N6/c1-4-6-18(22-19-11-17(23-24-19)15-8-9-15)21-14(3)25-10-5-7-16(12-25)13(2)20/h4,6,11,13,15-16H,3,5,7-10,12,20H2,1-2H3,(H2,21,22,23,24)/b6-4-. The smallest absolute Gasteiger partial charge is 0.153 e. The lowest BCUT2D eigenvalue weighted by molar-refractivity contribution is 0.198. The van der Waals surface area contributed by atoms with Crippen LogP contribution < -0.4 is 11.1 Å². The van der Waals surface area contributed by atoms with Gasteiger partial charge in [-0.25, -0.2) is 4.99 Å². The Labute approximate surface area is 150 Å². The van der Waals surface area contributed by atoms with Crippen molar-refractivity contribution in [1.29, 1.82) is 0 Å². The third-order valence-corrected chi connectivity index (χ3v) is 5.01. The van der Waals surface area contributed by atoms with Gasteiger partial charge in [-0.05, 0) is 51.5 Å². The molecule has 1 aliphatic heterocycles. The molecule has 2 unspecified atom stereocenters. The first-order chi connectivity index (χ1) is 12.1. The third kappa shape index (κ3) is 4.72. The second kappa shape index (κ2) is 7.87. The average Bonchev–Trinajstić information content (AvgIpc) is 3.35. The summed E-state index contributed by atoms with van der Waals surface area (Å²) in [6.07, 6.45) is 8.74. The molecule has 25 heavy (non-hydrogen) atoms. The van der Waals surface area contributed by atoms with E-state index in [0.717, 1.165) is 37.0 Å². The van der Waals surface area contributed by atoms with Crippen molar-refractivity contribution >= 4 is 11.7 Å². The molecular formula is C19H30N6. The number of likely N-dealkylation sites (tertiary alicyclic amines) is 1. The van der Waals surface area contributed by atoms with E-state index in [1.807, 2.05) is 19.1 Å². The highest BCUT2D eigenvalue weighted by molar-refractivity contribution is 6.03. The molecule has 0 aromatic carbocycles. The summed E-state index contributed by atoms with van der Waals surface area (Å²) >= 11 is 0. The highest BCUT2D eigenvalue weighted by Crippen LogP contribution is 2.39. The fraction of sp³-hybridized carbons (Fsp3) is 0.579. The van der Waals surface area contributed by atoms with Gasteiger partial charge in [-0.15, -0.1) is 0 Å². The number of anilines is 1. The number of hydrogen-bond acceptors (Lipinski definition) is 4. The number of nitrogens with one attached hydrogen (secondary N) is 2. The van der Waals surface area contributed by atoms with Gasteiger partial charge in [0.15, 0.2) is 5.82 Å². The van der Waals surface area contributed by atoms with Gasteiger partial charge in [-0.1, -0.05) is 12.7 Å². The van der Waals surface area contributed by atoms with Crippen LogP contribution in [0.3, 0.4) is 0 Å². The number of nitrogens with zero attached hydrogens (tertiary/aromatic N) is 3. The van der Waals surface area contributed by atoms with E-state index in [9.17, 15) is 0 Å². The lowest BCUT2D eigenvalue weighted by atomic mass is 9.92.